The third kappa shape index (κ3) is 5.63. The highest BCUT2D eigenvalue weighted by Crippen LogP contribution is 2.30. The smallest absolute Gasteiger partial charge is 0.318 e. The van der Waals surface area contributed by atoms with Crippen LogP contribution in [0.25, 0.3) is 0 Å². The molecule has 0 aromatic heterocycles. The van der Waals surface area contributed by atoms with Crippen molar-refractivity contribution in [2.75, 3.05) is 5.32 Å². The molecule has 0 saturated heterocycles. The summed E-state index contributed by atoms with van der Waals surface area (Å²) < 4.78 is 37.9. The van der Waals surface area contributed by atoms with E-state index >= 15 is 0 Å². The number of rotatable bonds is 4. The summed E-state index contributed by atoms with van der Waals surface area (Å²) in [6.45, 7) is 0. The van der Waals surface area contributed by atoms with Gasteiger partial charge in [-0.25, -0.2) is 5.43 Å². The maximum atomic E-state index is 12.6. The van der Waals surface area contributed by atoms with E-state index in [1.165, 1.54) is 30.3 Å². The van der Waals surface area contributed by atoms with Crippen LogP contribution in [0.3, 0.4) is 0 Å². The Morgan fingerprint density at radius 3 is 2.44 bits per heavy atom. The summed E-state index contributed by atoms with van der Waals surface area (Å²) in [7, 11) is 0. The van der Waals surface area contributed by atoms with Crippen LogP contribution in [0.5, 0.6) is 0 Å². The summed E-state index contributed by atoms with van der Waals surface area (Å²) in [6, 6.07) is 9.10. The Morgan fingerprint density at radius 1 is 1.07 bits per heavy atom. The van der Waals surface area contributed by atoms with Gasteiger partial charge in [0.1, 0.15) is 0 Å². The van der Waals surface area contributed by atoms with Crippen molar-refractivity contribution < 1.29 is 27.7 Å². The fourth-order valence-corrected chi connectivity index (χ4v) is 1.90. The predicted octanol–water partition coefficient (Wildman–Crippen LogP) is 2.70. The lowest BCUT2D eigenvalue weighted by Gasteiger charge is -2.09. The molecule has 2 aromatic carbocycles. The third-order valence-electron chi connectivity index (χ3n) is 3.11. The van der Waals surface area contributed by atoms with Gasteiger partial charge in [-0.15, -0.1) is 0 Å². The number of amides is 2. The van der Waals surface area contributed by atoms with Gasteiger partial charge in [-0.3, -0.25) is 19.7 Å². The Bertz CT molecular complexity index is 913. The maximum Gasteiger partial charge on any atom is 0.416 e. The zero-order chi connectivity index (χ0) is 20.0. The second-order valence-electron chi connectivity index (χ2n) is 5.08. The van der Waals surface area contributed by atoms with Gasteiger partial charge in [-0.05, 0) is 18.2 Å². The zero-order valence-electron chi connectivity index (χ0n) is 13.4. The molecule has 0 atom stereocenters. The van der Waals surface area contributed by atoms with Crippen molar-refractivity contribution in [2.24, 2.45) is 5.10 Å². The largest absolute Gasteiger partial charge is 0.416 e. The number of carbonyl (C=O) groups is 2. The second kappa shape index (κ2) is 8.08. The van der Waals surface area contributed by atoms with Crippen LogP contribution in [0.15, 0.2) is 53.6 Å². The number of carbonyl (C=O) groups excluding carboxylic acids is 2. The molecule has 0 bridgehead atoms. The molecular weight excluding hydrogens is 369 g/mol. The Kier molecular flexibility index (Phi) is 5.85. The average molecular weight is 380 g/mol. The highest BCUT2D eigenvalue weighted by Gasteiger charge is 2.30. The Morgan fingerprint density at radius 2 is 1.78 bits per heavy atom. The number of nitro groups is 1. The van der Waals surface area contributed by atoms with Gasteiger partial charge < -0.3 is 5.32 Å². The lowest BCUT2D eigenvalue weighted by atomic mass is 10.2. The van der Waals surface area contributed by atoms with E-state index in [-0.39, 0.29) is 11.4 Å². The van der Waals surface area contributed by atoms with Crippen molar-refractivity contribution in [3.8, 4) is 0 Å². The van der Waals surface area contributed by atoms with Crippen molar-refractivity contribution >= 4 is 29.4 Å². The lowest BCUT2D eigenvalue weighted by Crippen LogP contribution is -2.32. The van der Waals surface area contributed by atoms with Gasteiger partial charge >= 0.3 is 18.0 Å². The standard InChI is InChI=1S/C16H11F3N4O4/c17-16(18,19)11-4-2-5-12(8-11)21-14(24)15(25)22-20-9-10-3-1-6-13(7-10)23(26)27/h1-9H,(H,21,24)(H,22,25)/b20-9-. The monoisotopic (exact) mass is 380 g/mol. The van der Waals surface area contributed by atoms with E-state index in [0.29, 0.717) is 11.6 Å². The summed E-state index contributed by atoms with van der Waals surface area (Å²) in [5.74, 6) is -2.46. The van der Waals surface area contributed by atoms with E-state index in [1.807, 2.05) is 10.7 Å². The first kappa shape index (κ1) is 19.6. The van der Waals surface area contributed by atoms with Gasteiger partial charge in [0.15, 0.2) is 0 Å². The number of hydrazone groups is 1. The van der Waals surface area contributed by atoms with Gasteiger partial charge in [-0.2, -0.15) is 18.3 Å². The summed E-state index contributed by atoms with van der Waals surface area (Å²) >= 11 is 0. The lowest BCUT2D eigenvalue weighted by molar-refractivity contribution is -0.384. The van der Waals surface area contributed by atoms with Crippen molar-refractivity contribution in [1.29, 1.82) is 0 Å². The maximum absolute atomic E-state index is 12.6. The molecule has 0 saturated carbocycles. The molecule has 2 aromatic rings. The number of nitro benzene ring substituents is 1. The molecule has 2 amide bonds. The quantitative estimate of drug-likeness (QED) is 0.367. The van der Waals surface area contributed by atoms with Crippen LogP contribution in [-0.4, -0.2) is 23.0 Å². The molecule has 0 aliphatic carbocycles. The number of anilines is 1. The van der Waals surface area contributed by atoms with Gasteiger partial charge in [-0.1, -0.05) is 18.2 Å². The molecule has 2 rings (SSSR count). The normalized spacial score (nSPS) is 11.2. The Labute approximate surface area is 149 Å². The van der Waals surface area contributed by atoms with E-state index < -0.39 is 28.5 Å². The number of benzene rings is 2. The number of alkyl halides is 3. The molecule has 8 nitrogen and oxygen atoms in total. The predicted molar refractivity (Wildman–Crippen MR) is 88.9 cm³/mol. The summed E-state index contributed by atoms with van der Waals surface area (Å²) in [5.41, 5.74) is 0.781. The van der Waals surface area contributed by atoms with Crippen LogP contribution in [-0.2, 0) is 15.8 Å². The fraction of sp³-hybridized carbons (Fsp3) is 0.0625. The van der Waals surface area contributed by atoms with Crippen LogP contribution in [0.2, 0.25) is 0 Å². The third-order valence-corrected chi connectivity index (χ3v) is 3.11. The molecule has 0 fully saturated rings. The highest BCUT2D eigenvalue weighted by molar-refractivity contribution is 6.39. The molecule has 0 aliphatic heterocycles. The number of non-ortho nitro benzene ring substituents is 1. The van der Waals surface area contributed by atoms with Gasteiger partial charge in [0.05, 0.1) is 16.7 Å². The summed E-state index contributed by atoms with van der Waals surface area (Å²) in [5, 5.41) is 16.1. The SMILES string of the molecule is O=C(N/N=C\c1cccc([N+](=O)[O-])c1)C(=O)Nc1cccc(C(F)(F)F)c1. The first-order chi connectivity index (χ1) is 12.7. The van der Waals surface area contributed by atoms with Crippen LogP contribution in [0.1, 0.15) is 11.1 Å². The minimum atomic E-state index is -4.59. The molecule has 2 N–H and O–H groups in total. The first-order valence-corrected chi connectivity index (χ1v) is 7.23. The molecule has 0 spiro atoms. The molecule has 0 heterocycles. The zero-order valence-corrected chi connectivity index (χ0v) is 13.4. The molecule has 140 valence electrons. The topological polar surface area (TPSA) is 114 Å². The molecular formula is C16H11F3N4O4. The van der Waals surface area contributed by atoms with E-state index in [4.69, 9.17) is 0 Å². The molecule has 0 aliphatic rings. The van der Waals surface area contributed by atoms with Gasteiger partial charge in [0.2, 0.25) is 0 Å². The molecule has 27 heavy (non-hydrogen) atoms. The molecule has 0 unspecified atom stereocenters. The first-order valence-electron chi connectivity index (χ1n) is 7.23. The van der Waals surface area contributed by atoms with Crippen molar-refractivity contribution in [2.45, 2.75) is 6.18 Å². The second-order valence-corrected chi connectivity index (χ2v) is 5.08. The number of hydrogen-bond donors (Lipinski definition) is 2. The van der Waals surface area contributed by atoms with E-state index in [1.54, 1.807) is 0 Å². The number of nitrogens with one attached hydrogen (secondary N) is 2. The minimum absolute atomic E-state index is 0.187. The minimum Gasteiger partial charge on any atom is -0.318 e. The van der Waals surface area contributed by atoms with Gasteiger partial charge in [0.25, 0.3) is 5.69 Å². The van der Waals surface area contributed by atoms with E-state index in [0.717, 1.165) is 18.3 Å². The number of halogens is 3. The van der Waals surface area contributed by atoms with Crippen LogP contribution in [0.4, 0.5) is 24.5 Å². The number of nitrogens with zero attached hydrogens (tertiary/aromatic N) is 2. The van der Waals surface area contributed by atoms with Gasteiger partial charge in [0, 0.05) is 23.4 Å². The Hall–Kier alpha value is -3.76. The molecule has 0 radical (unpaired) electrons. The highest BCUT2D eigenvalue weighted by atomic mass is 19.4. The fourth-order valence-electron chi connectivity index (χ4n) is 1.90. The van der Waals surface area contributed by atoms with Crippen molar-refractivity contribution in [3.63, 3.8) is 0 Å². The van der Waals surface area contributed by atoms with E-state index in [2.05, 4.69) is 5.10 Å². The summed E-state index contributed by atoms with van der Waals surface area (Å²) in [4.78, 5) is 33.4. The van der Waals surface area contributed by atoms with E-state index in [9.17, 15) is 32.9 Å². The Balaban J connectivity index is 1.97. The average Bonchev–Trinajstić information content (AvgIpc) is 2.61. The van der Waals surface area contributed by atoms with Crippen LogP contribution < -0.4 is 10.7 Å². The van der Waals surface area contributed by atoms with Crippen LogP contribution in [0, 0.1) is 10.1 Å². The molecule has 11 heteroatoms. The van der Waals surface area contributed by atoms with Crippen molar-refractivity contribution in [3.05, 3.63) is 69.8 Å². The summed E-state index contributed by atoms with van der Waals surface area (Å²) in [6.07, 6.45) is -3.52. The van der Waals surface area contributed by atoms with Crippen LogP contribution >= 0.6 is 0 Å². The van der Waals surface area contributed by atoms with Crippen molar-refractivity contribution in [1.82, 2.24) is 5.43 Å². The number of hydrogen-bond acceptors (Lipinski definition) is 5.